The van der Waals surface area contributed by atoms with Gasteiger partial charge >= 0.3 is 6.18 Å². The maximum atomic E-state index is 12.9. The van der Waals surface area contributed by atoms with Crippen molar-refractivity contribution in [2.24, 2.45) is 0 Å². The van der Waals surface area contributed by atoms with Crippen LogP contribution in [0.3, 0.4) is 0 Å². The predicted octanol–water partition coefficient (Wildman–Crippen LogP) is 2.96. The van der Waals surface area contributed by atoms with E-state index in [1.54, 1.807) is 30.3 Å². The zero-order valence-corrected chi connectivity index (χ0v) is 12.7. The number of alkyl halides is 3. The van der Waals surface area contributed by atoms with Gasteiger partial charge < -0.3 is 15.2 Å². The Balaban J connectivity index is 2.03. The van der Waals surface area contributed by atoms with Crippen LogP contribution in [0.1, 0.15) is 11.1 Å². The number of aliphatic hydroxyl groups excluding tert-OH is 1. The molecule has 2 aromatic rings. The normalized spacial score (nSPS) is 12.1. The molecule has 2 aromatic carbocycles. The number of aliphatic hydroxyl groups is 1. The monoisotopic (exact) mass is 350 g/mol. The molecule has 2 rings (SSSR count). The topological polar surface area (TPSA) is 82.4 Å². The number of para-hydroxylation sites is 1. The SMILES string of the molecule is N#Cc1ccc(NC(=O)[C@@H](O)COc2ccccc2)cc1C(F)(F)F. The number of nitrogens with zero attached hydrogens (tertiary/aromatic N) is 1. The highest BCUT2D eigenvalue weighted by Crippen LogP contribution is 2.33. The van der Waals surface area contributed by atoms with E-state index in [9.17, 15) is 23.1 Å². The number of ether oxygens (including phenoxy) is 1. The number of halogens is 3. The maximum absolute atomic E-state index is 12.9. The molecular weight excluding hydrogens is 337 g/mol. The van der Waals surface area contributed by atoms with Crippen molar-refractivity contribution in [2.45, 2.75) is 12.3 Å². The molecule has 0 aliphatic carbocycles. The number of amides is 1. The second-order valence-electron chi connectivity index (χ2n) is 5.00. The number of hydrogen-bond donors (Lipinski definition) is 2. The standard InChI is InChI=1S/C17H13F3N2O3/c18-17(19,20)14-8-12(7-6-11(14)9-21)22-16(24)15(23)10-25-13-4-2-1-3-5-13/h1-8,15,23H,10H2,(H,22,24)/t15-/m0/s1. The molecule has 0 spiro atoms. The van der Waals surface area contributed by atoms with Gasteiger partial charge in [0.1, 0.15) is 12.4 Å². The lowest BCUT2D eigenvalue weighted by Gasteiger charge is -2.14. The smallest absolute Gasteiger partial charge is 0.417 e. The van der Waals surface area contributed by atoms with E-state index in [2.05, 4.69) is 5.32 Å². The number of carbonyl (C=O) groups excluding carboxylic acids is 1. The van der Waals surface area contributed by atoms with Crippen LogP contribution in [-0.2, 0) is 11.0 Å². The average Bonchev–Trinajstić information content (AvgIpc) is 2.59. The van der Waals surface area contributed by atoms with Crippen molar-refractivity contribution >= 4 is 11.6 Å². The molecule has 0 radical (unpaired) electrons. The molecule has 0 bridgehead atoms. The minimum atomic E-state index is -4.74. The van der Waals surface area contributed by atoms with Crippen LogP contribution in [0, 0.1) is 11.3 Å². The van der Waals surface area contributed by atoms with Gasteiger partial charge in [-0.3, -0.25) is 4.79 Å². The Hall–Kier alpha value is -3.05. The number of rotatable bonds is 5. The minimum Gasteiger partial charge on any atom is -0.490 e. The first-order valence-corrected chi connectivity index (χ1v) is 7.09. The molecule has 25 heavy (non-hydrogen) atoms. The van der Waals surface area contributed by atoms with E-state index in [0.29, 0.717) is 11.8 Å². The van der Waals surface area contributed by atoms with E-state index in [-0.39, 0.29) is 12.3 Å². The third-order valence-electron chi connectivity index (χ3n) is 3.17. The second kappa shape index (κ2) is 7.68. The largest absolute Gasteiger partial charge is 0.490 e. The summed E-state index contributed by atoms with van der Waals surface area (Å²) < 4.78 is 43.9. The predicted molar refractivity (Wildman–Crippen MR) is 82.7 cm³/mol. The number of nitrogens with one attached hydrogen (secondary N) is 1. The highest BCUT2D eigenvalue weighted by Gasteiger charge is 2.34. The number of nitriles is 1. The van der Waals surface area contributed by atoms with Gasteiger partial charge in [-0.25, -0.2) is 0 Å². The average molecular weight is 350 g/mol. The molecule has 0 aliphatic rings. The molecule has 0 aromatic heterocycles. The van der Waals surface area contributed by atoms with Crippen LogP contribution in [0.5, 0.6) is 5.75 Å². The van der Waals surface area contributed by atoms with Gasteiger partial charge in [-0.15, -0.1) is 0 Å². The fourth-order valence-corrected chi connectivity index (χ4v) is 1.95. The van der Waals surface area contributed by atoms with Crippen molar-refractivity contribution in [1.82, 2.24) is 0 Å². The molecule has 0 saturated heterocycles. The molecule has 130 valence electrons. The summed E-state index contributed by atoms with van der Waals surface area (Å²) in [6.07, 6.45) is -6.31. The fourth-order valence-electron chi connectivity index (χ4n) is 1.95. The Morgan fingerprint density at radius 2 is 1.92 bits per heavy atom. The van der Waals surface area contributed by atoms with Gasteiger partial charge in [-0.2, -0.15) is 18.4 Å². The first-order chi connectivity index (χ1) is 11.8. The highest BCUT2D eigenvalue weighted by molar-refractivity contribution is 5.94. The fraction of sp³-hybridized carbons (Fsp3) is 0.176. The Labute approximate surface area is 141 Å². The number of carbonyl (C=O) groups is 1. The highest BCUT2D eigenvalue weighted by atomic mass is 19.4. The summed E-state index contributed by atoms with van der Waals surface area (Å²) >= 11 is 0. The van der Waals surface area contributed by atoms with Crippen molar-refractivity contribution in [2.75, 3.05) is 11.9 Å². The van der Waals surface area contributed by atoms with Crippen molar-refractivity contribution in [3.8, 4) is 11.8 Å². The summed E-state index contributed by atoms with van der Waals surface area (Å²) in [5.74, 6) is -0.485. The van der Waals surface area contributed by atoms with E-state index in [4.69, 9.17) is 10.00 Å². The van der Waals surface area contributed by atoms with Gasteiger partial charge in [0.2, 0.25) is 0 Å². The lowest BCUT2D eigenvalue weighted by atomic mass is 10.1. The van der Waals surface area contributed by atoms with E-state index in [1.807, 2.05) is 0 Å². The van der Waals surface area contributed by atoms with Crippen molar-refractivity contribution in [3.05, 3.63) is 59.7 Å². The van der Waals surface area contributed by atoms with Gasteiger partial charge in [0.05, 0.1) is 17.2 Å². The Morgan fingerprint density at radius 3 is 2.52 bits per heavy atom. The van der Waals surface area contributed by atoms with Crippen LogP contribution in [0.25, 0.3) is 0 Å². The molecule has 1 atom stereocenters. The summed E-state index contributed by atoms with van der Waals surface area (Å²) in [6.45, 7) is -0.363. The van der Waals surface area contributed by atoms with Crippen LogP contribution in [0.15, 0.2) is 48.5 Å². The summed E-state index contributed by atoms with van der Waals surface area (Å²) in [4.78, 5) is 11.9. The van der Waals surface area contributed by atoms with Crippen molar-refractivity contribution in [3.63, 3.8) is 0 Å². The zero-order valence-electron chi connectivity index (χ0n) is 12.7. The maximum Gasteiger partial charge on any atom is 0.417 e. The summed E-state index contributed by atoms with van der Waals surface area (Å²) in [5, 5.41) is 20.6. The number of benzene rings is 2. The molecule has 0 unspecified atom stereocenters. The van der Waals surface area contributed by atoms with Crippen molar-refractivity contribution < 1.29 is 27.8 Å². The van der Waals surface area contributed by atoms with Gasteiger partial charge in [0, 0.05) is 5.69 Å². The molecule has 0 heterocycles. The lowest BCUT2D eigenvalue weighted by Crippen LogP contribution is -2.33. The van der Waals surface area contributed by atoms with Gasteiger partial charge in [0.15, 0.2) is 6.10 Å². The van der Waals surface area contributed by atoms with Gasteiger partial charge in [-0.1, -0.05) is 18.2 Å². The van der Waals surface area contributed by atoms with E-state index in [0.717, 1.165) is 12.1 Å². The Morgan fingerprint density at radius 1 is 1.24 bits per heavy atom. The molecule has 0 saturated carbocycles. The van der Waals surface area contributed by atoms with Gasteiger partial charge in [-0.05, 0) is 30.3 Å². The van der Waals surface area contributed by atoms with E-state index >= 15 is 0 Å². The van der Waals surface area contributed by atoms with Crippen LogP contribution < -0.4 is 10.1 Å². The first-order valence-electron chi connectivity index (χ1n) is 7.09. The molecule has 0 aliphatic heterocycles. The molecule has 8 heteroatoms. The molecule has 1 amide bonds. The molecule has 0 fully saturated rings. The Kier molecular flexibility index (Phi) is 5.62. The number of anilines is 1. The first kappa shape index (κ1) is 18.3. The number of hydrogen-bond acceptors (Lipinski definition) is 4. The molecule has 5 nitrogen and oxygen atoms in total. The van der Waals surface area contributed by atoms with E-state index in [1.165, 1.54) is 6.07 Å². The van der Waals surface area contributed by atoms with Crippen LogP contribution >= 0.6 is 0 Å². The minimum absolute atomic E-state index is 0.185. The third-order valence-corrected chi connectivity index (χ3v) is 3.17. The van der Waals surface area contributed by atoms with Crippen LogP contribution in [0.4, 0.5) is 18.9 Å². The zero-order chi connectivity index (χ0) is 18.4. The third kappa shape index (κ3) is 4.96. The lowest BCUT2D eigenvalue weighted by molar-refractivity contribution is -0.137. The van der Waals surface area contributed by atoms with Gasteiger partial charge in [0.25, 0.3) is 5.91 Å². The van der Waals surface area contributed by atoms with Crippen LogP contribution in [-0.4, -0.2) is 23.7 Å². The van der Waals surface area contributed by atoms with E-state index < -0.39 is 29.3 Å². The quantitative estimate of drug-likeness (QED) is 0.869. The second-order valence-corrected chi connectivity index (χ2v) is 5.00. The van der Waals surface area contributed by atoms with Crippen LogP contribution in [0.2, 0.25) is 0 Å². The van der Waals surface area contributed by atoms with Crippen molar-refractivity contribution in [1.29, 1.82) is 5.26 Å². The molecule has 2 N–H and O–H groups in total. The Bertz CT molecular complexity index is 786. The summed E-state index contributed by atoms with van der Waals surface area (Å²) in [6, 6.07) is 12.6. The summed E-state index contributed by atoms with van der Waals surface area (Å²) in [5.41, 5.74) is -1.91. The molecular formula is C17H13F3N2O3. The summed E-state index contributed by atoms with van der Waals surface area (Å²) in [7, 11) is 0.